The van der Waals surface area contributed by atoms with Gasteiger partial charge in [-0.2, -0.15) is 0 Å². The fourth-order valence-electron chi connectivity index (χ4n) is 1.31. The van der Waals surface area contributed by atoms with Gasteiger partial charge in [-0.05, 0) is 70.7 Å². The molecule has 0 saturated carbocycles. The van der Waals surface area contributed by atoms with Crippen molar-refractivity contribution in [3.63, 3.8) is 0 Å². The second-order valence-corrected chi connectivity index (χ2v) is 7.74. The van der Waals surface area contributed by atoms with E-state index < -0.39 is 22.2 Å². The zero-order valence-corrected chi connectivity index (χ0v) is 13.2. The summed E-state index contributed by atoms with van der Waals surface area (Å²) in [6, 6.07) is 13.1. The van der Waals surface area contributed by atoms with Crippen molar-refractivity contribution in [2.24, 2.45) is 0 Å². The van der Waals surface area contributed by atoms with E-state index in [2.05, 4.69) is 0 Å². The Bertz CT molecular complexity index is 567. The van der Waals surface area contributed by atoms with E-state index in [1.54, 1.807) is 24.3 Å². The minimum absolute atomic E-state index is 0.252. The highest BCUT2D eigenvalue weighted by Crippen LogP contribution is 2.37. The standard InChI is InChI=1S/C12H10O4S4/c13-19(14)11-5-1-9(2-6-11)17-18-10-3-7-12(8-4-10)20(15)16/h1-8H,(H,13,14)(H,15,16)/p-2. The molecule has 106 valence electrons. The van der Waals surface area contributed by atoms with Gasteiger partial charge < -0.3 is 9.11 Å². The number of hydrogen-bond acceptors (Lipinski definition) is 6. The topological polar surface area (TPSA) is 80.3 Å². The van der Waals surface area contributed by atoms with Crippen LogP contribution in [-0.2, 0) is 22.2 Å². The van der Waals surface area contributed by atoms with Gasteiger partial charge in [0.2, 0.25) is 0 Å². The molecule has 0 aromatic heterocycles. The van der Waals surface area contributed by atoms with Gasteiger partial charge in [0.1, 0.15) is 0 Å². The minimum Gasteiger partial charge on any atom is -0.768 e. The van der Waals surface area contributed by atoms with E-state index in [-0.39, 0.29) is 9.79 Å². The van der Waals surface area contributed by atoms with Gasteiger partial charge in [-0.15, -0.1) is 0 Å². The Labute approximate surface area is 129 Å². The molecular weight excluding hydrogens is 336 g/mol. The van der Waals surface area contributed by atoms with Crippen molar-refractivity contribution in [2.45, 2.75) is 19.6 Å². The highest BCUT2D eigenvalue weighted by atomic mass is 33.1. The van der Waals surface area contributed by atoms with Gasteiger partial charge in [0.25, 0.3) is 0 Å². The molecule has 0 aliphatic rings. The van der Waals surface area contributed by atoms with E-state index in [4.69, 9.17) is 0 Å². The van der Waals surface area contributed by atoms with Crippen LogP contribution in [0, 0.1) is 0 Å². The first-order valence-electron chi connectivity index (χ1n) is 5.29. The smallest absolute Gasteiger partial charge is 0.0249 e. The summed E-state index contributed by atoms with van der Waals surface area (Å²) < 4.78 is 42.9. The van der Waals surface area contributed by atoms with Crippen LogP contribution in [-0.4, -0.2) is 17.5 Å². The molecule has 8 heteroatoms. The molecule has 20 heavy (non-hydrogen) atoms. The Kier molecular flexibility index (Phi) is 5.82. The molecular formula is C12H8O4S4-2. The Morgan fingerprint density at radius 1 is 0.650 bits per heavy atom. The third-order valence-electron chi connectivity index (χ3n) is 2.27. The zero-order valence-electron chi connectivity index (χ0n) is 9.88. The van der Waals surface area contributed by atoms with E-state index in [0.29, 0.717) is 0 Å². The third kappa shape index (κ3) is 4.44. The van der Waals surface area contributed by atoms with Gasteiger partial charge in [0, 0.05) is 19.6 Å². The summed E-state index contributed by atoms with van der Waals surface area (Å²) in [7, 11) is 2.94. The molecule has 0 saturated heterocycles. The van der Waals surface area contributed by atoms with E-state index in [0.717, 1.165) is 9.79 Å². The monoisotopic (exact) mass is 344 g/mol. The molecule has 0 fully saturated rings. The predicted octanol–water partition coefficient (Wildman–Crippen LogP) is 2.96. The third-order valence-corrected chi connectivity index (χ3v) is 6.00. The van der Waals surface area contributed by atoms with E-state index in [9.17, 15) is 17.5 Å². The Morgan fingerprint density at radius 2 is 0.950 bits per heavy atom. The molecule has 4 nitrogen and oxygen atoms in total. The van der Waals surface area contributed by atoms with E-state index >= 15 is 0 Å². The van der Waals surface area contributed by atoms with Crippen LogP contribution < -0.4 is 0 Å². The first-order chi connectivity index (χ1) is 9.56. The van der Waals surface area contributed by atoms with Gasteiger partial charge in [-0.3, -0.25) is 8.42 Å². The number of hydrogen-bond donors (Lipinski definition) is 0. The highest BCUT2D eigenvalue weighted by Gasteiger charge is 2.00. The van der Waals surface area contributed by atoms with Gasteiger partial charge in [-0.1, -0.05) is 21.6 Å². The first kappa shape index (κ1) is 15.7. The van der Waals surface area contributed by atoms with Crippen LogP contribution in [0.15, 0.2) is 68.1 Å². The molecule has 0 aliphatic heterocycles. The highest BCUT2D eigenvalue weighted by molar-refractivity contribution is 8.76. The number of benzene rings is 2. The summed E-state index contributed by atoms with van der Waals surface area (Å²) in [4.78, 5) is 2.34. The average molecular weight is 344 g/mol. The second kappa shape index (κ2) is 7.39. The van der Waals surface area contributed by atoms with Crippen molar-refractivity contribution in [1.82, 2.24) is 0 Å². The van der Waals surface area contributed by atoms with Crippen molar-refractivity contribution in [3.05, 3.63) is 48.5 Å². The molecule has 0 N–H and O–H groups in total. The Morgan fingerprint density at radius 3 is 1.20 bits per heavy atom. The van der Waals surface area contributed by atoms with Crippen LogP contribution in [0.2, 0.25) is 0 Å². The van der Waals surface area contributed by atoms with Crippen LogP contribution in [0.3, 0.4) is 0 Å². The minimum atomic E-state index is -2.21. The molecule has 2 aromatic rings. The lowest BCUT2D eigenvalue weighted by molar-refractivity contribution is 0.535. The molecule has 0 radical (unpaired) electrons. The number of rotatable bonds is 5. The molecule has 0 aliphatic carbocycles. The van der Waals surface area contributed by atoms with Gasteiger partial charge >= 0.3 is 0 Å². The predicted molar refractivity (Wildman–Crippen MR) is 79.0 cm³/mol. The van der Waals surface area contributed by atoms with Crippen LogP contribution in [0.5, 0.6) is 0 Å². The van der Waals surface area contributed by atoms with Crippen LogP contribution >= 0.6 is 21.6 Å². The normalized spacial score (nSPS) is 13.9. The lowest BCUT2D eigenvalue weighted by Gasteiger charge is -2.07. The van der Waals surface area contributed by atoms with Gasteiger partial charge in [-0.25, -0.2) is 0 Å². The van der Waals surface area contributed by atoms with Crippen LogP contribution in [0.4, 0.5) is 0 Å². The average Bonchev–Trinajstić information content (AvgIpc) is 2.46. The van der Waals surface area contributed by atoms with Gasteiger partial charge in [0.15, 0.2) is 0 Å². The Balaban J connectivity index is 1.97. The van der Waals surface area contributed by atoms with Crippen molar-refractivity contribution in [2.75, 3.05) is 0 Å². The first-order valence-corrected chi connectivity index (χ1v) is 9.59. The van der Waals surface area contributed by atoms with E-state index in [1.807, 2.05) is 0 Å². The fourth-order valence-corrected chi connectivity index (χ4v) is 3.96. The maximum Gasteiger partial charge on any atom is 0.0249 e. The molecule has 0 bridgehead atoms. The van der Waals surface area contributed by atoms with Crippen LogP contribution in [0.25, 0.3) is 0 Å². The Hall–Kier alpha value is -0.640. The quantitative estimate of drug-likeness (QED) is 0.613. The summed E-state index contributed by atoms with van der Waals surface area (Å²) in [6.45, 7) is 0. The fraction of sp³-hybridized carbons (Fsp3) is 0. The molecule has 0 heterocycles. The largest absolute Gasteiger partial charge is 0.768 e. The molecule has 0 amide bonds. The van der Waals surface area contributed by atoms with E-state index in [1.165, 1.54) is 45.9 Å². The SMILES string of the molecule is O=S([O-])c1ccc(SSc2ccc(S(=O)[O-])cc2)cc1. The maximum atomic E-state index is 10.7. The lowest BCUT2D eigenvalue weighted by Crippen LogP contribution is -1.87. The molecule has 0 spiro atoms. The molecule has 2 atom stereocenters. The van der Waals surface area contributed by atoms with Crippen molar-refractivity contribution >= 4 is 43.7 Å². The summed E-state index contributed by atoms with van der Waals surface area (Å²) >= 11 is -4.42. The summed E-state index contributed by atoms with van der Waals surface area (Å²) in [5, 5.41) is 0. The molecule has 2 aromatic carbocycles. The lowest BCUT2D eigenvalue weighted by atomic mass is 10.4. The van der Waals surface area contributed by atoms with Crippen molar-refractivity contribution in [3.8, 4) is 0 Å². The van der Waals surface area contributed by atoms with Crippen molar-refractivity contribution < 1.29 is 17.5 Å². The molecule has 2 rings (SSSR count). The van der Waals surface area contributed by atoms with Gasteiger partial charge in [0.05, 0.1) is 0 Å². The van der Waals surface area contributed by atoms with Crippen LogP contribution in [0.1, 0.15) is 0 Å². The molecule has 2 unspecified atom stereocenters. The second-order valence-electron chi connectivity index (χ2n) is 3.58. The summed E-state index contributed by atoms with van der Waals surface area (Å²) in [6.07, 6.45) is 0. The zero-order chi connectivity index (χ0) is 14.5. The summed E-state index contributed by atoms with van der Waals surface area (Å²) in [5.74, 6) is 0. The summed E-state index contributed by atoms with van der Waals surface area (Å²) in [5.41, 5.74) is 0. The van der Waals surface area contributed by atoms with Crippen molar-refractivity contribution in [1.29, 1.82) is 0 Å². The maximum absolute atomic E-state index is 10.7.